The number of hydrogen-bond acceptors (Lipinski definition) is 4. The molecule has 0 bridgehead atoms. The number of morpholine rings is 1. The maximum Gasteiger partial charge on any atom is 0.326 e. The van der Waals surface area contributed by atoms with E-state index in [1.165, 1.54) is 0 Å². The first-order valence-corrected chi connectivity index (χ1v) is 5.38. The fourth-order valence-electron chi connectivity index (χ4n) is 1.49. The summed E-state index contributed by atoms with van der Waals surface area (Å²) in [5.41, 5.74) is 0. The van der Waals surface area contributed by atoms with Crippen molar-refractivity contribution in [1.82, 2.24) is 10.6 Å². The van der Waals surface area contributed by atoms with Crippen molar-refractivity contribution in [2.24, 2.45) is 5.92 Å². The first kappa shape index (κ1) is 12.9. The van der Waals surface area contributed by atoms with Crippen LogP contribution >= 0.6 is 0 Å². The zero-order valence-electron chi connectivity index (χ0n) is 9.53. The predicted octanol–water partition coefficient (Wildman–Crippen LogP) is -0.800. The summed E-state index contributed by atoms with van der Waals surface area (Å²) in [6, 6.07) is -0.863. The van der Waals surface area contributed by atoms with E-state index in [0.29, 0.717) is 13.2 Å². The topological polar surface area (TPSA) is 87.7 Å². The summed E-state index contributed by atoms with van der Waals surface area (Å²) in [6.07, 6.45) is -0.589. The molecule has 92 valence electrons. The van der Waals surface area contributed by atoms with Gasteiger partial charge in [0.1, 0.15) is 12.1 Å². The van der Waals surface area contributed by atoms with Crippen LogP contribution in [0.3, 0.4) is 0 Å². The lowest BCUT2D eigenvalue weighted by atomic mass is 10.0. The molecule has 1 saturated heterocycles. The molecular weight excluding hydrogens is 212 g/mol. The van der Waals surface area contributed by atoms with Gasteiger partial charge in [0.15, 0.2) is 0 Å². The first-order chi connectivity index (χ1) is 7.52. The third-order valence-electron chi connectivity index (χ3n) is 2.45. The molecule has 0 aromatic rings. The van der Waals surface area contributed by atoms with Gasteiger partial charge in [-0.3, -0.25) is 4.79 Å². The Morgan fingerprint density at radius 2 is 2.19 bits per heavy atom. The summed E-state index contributed by atoms with van der Waals surface area (Å²) in [6.45, 7) is 5.11. The molecule has 1 unspecified atom stereocenters. The molecular formula is C10H18N2O4. The second kappa shape index (κ2) is 5.81. The Bertz CT molecular complexity index is 262. The van der Waals surface area contributed by atoms with E-state index < -0.39 is 18.1 Å². The number of carboxylic acids is 1. The van der Waals surface area contributed by atoms with E-state index in [4.69, 9.17) is 9.84 Å². The predicted molar refractivity (Wildman–Crippen MR) is 57.0 cm³/mol. The van der Waals surface area contributed by atoms with Crippen LogP contribution in [0, 0.1) is 5.92 Å². The van der Waals surface area contributed by atoms with Crippen LogP contribution in [0.4, 0.5) is 0 Å². The standard InChI is InChI=1S/C10H18N2O4/c1-6(2)8(10(14)15)12-9(13)7-5-11-3-4-16-7/h6-8,11H,3-5H2,1-2H3,(H,12,13)(H,14,15)/t7?,8-/m1/s1. The molecule has 1 fully saturated rings. The van der Waals surface area contributed by atoms with Crippen molar-refractivity contribution in [2.75, 3.05) is 19.7 Å². The number of rotatable bonds is 4. The van der Waals surface area contributed by atoms with Crippen molar-refractivity contribution >= 4 is 11.9 Å². The molecule has 0 aromatic carbocycles. The van der Waals surface area contributed by atoms with E-state index in [0.717, 1.165) is 6.54 Å². The number of amides is 1. The van der Waals surface area contributed by atoms with Crippen molar-refractivity contribution in [3.05, 3.63) is 0 Å². The van der Waals surface area contributed by atoms with Gasteiger partial charge in [0.2, 0.25) is 0 Å². The van der Waals surface area contributed by atoms with Gasteiger partial charge < -0.3 is 20.5 Å². The molecule has 1 rings (SSSR count). The van der Waals surface area contributed by atoms with Crippen LogP contribution in [0.5, 0.6) is 0 Å². The summed E-state index contributed by atoms with van der Waals surface area (Å²) >= 11 is 0. The number of ether oxygens (including phenoxy) is 1. The molecule has 0 aliphatic carbocycles. The molecule has 16 heavy (non-hydrogen) atoms. The molecule has 1 aliphatic rings. The van der Waals surface area contributed by atoms with Gasteiger partial charge in [-0.05, 0) is 5.92 Å². The van der Waals surface area contributed by atoms with Crippen molar-refractivity contribution in [1.29, 1.82) is 0 Å². The van der Waals surface area contributed by atoms with Crippen molar-refractivity contribution < 1.29 is 19.4 Å². The highest BCUT2D eigenvalue weighted by molar-refractivity contribution is 5.86. The Hall–Kier alpha value is -1.14. The van der Waals surface area contributed by atoms with Crippen molar-refractivity contribution in [2.45, 2.75) is 26.0 Å². The van der Waals surface area contributed by atoms with Crippen molar-refractivity contribution in [3.63, 3.8) is 0 Å². The average Bonchev–Trinajstić information content (AvgIpc) is 2.25. The molecule has 1 heterocycles. The lowest BCUT2D eigenvalue weighted by Crippen LogP contribution is -2.53. The van der Waals surface area contributed by atoms with Gasteiger partial charge in [0, 0.05) is 13.1 Å². The van der Waals surface area contributed by atoms with Gasteiger partial charge in [-0.25, -0.2) is 4.79 Å². The molecule has 1 amide bonds. The molecule has 0 aromatic heterocycles. The molecule has 2 atom stereocenters. The highest BCUT2D eigenvalue weighted by Gasteiger charge is 2.28. The SMILES string of the molecule is CC(C)[C@@H](NC(=O)C1CNCCO1)C(=O)O. The third kappa shape index (κ3) is 3.46. The molecule has 6 nitrogen and oxygen atoms in total. The monoisotopic (exact) mass is 230 g/mol. The maximum absolute atomic E-state index is 11.7. The number of carbonyl (C=O) groups excluding carboxylic acids is 1. The minimum atomic E-state index is -1.02. The van der Waals surface area contributed by atoms with Gasteiger partial charge in [-0.15, -0.1) is 0 Å². The Kier molecular flexibility index (Phi) is 4.70. The summed E-state index contributed by atoms with van der Waals surface area (Å²) in [5, 5.41) is 14.4. The Balaban J connectivity index is 2.50. The number of carboxylic acid groups (broad SMARTS) is 1. The van der Waals surface area contributed by atoms with Gasteiger partial charge in [0.05, 0.1) is 6.61 Å². The smallest absolute Gasteiger partial charge is 0.326 e. The highest BCUT2D eigenvalue weighted by Crippen LogP contribution is 2.04. The third-order valence-corrected chi connectivity index (χ3v) is 2.45. The number of carbonyl (C=O) groups is 2. The van der Waals surface area contributed by atoms with Crippen LogP contribution < -0.4 is 10.6 Å². The minimum absolute atomic E-state index is 0.155. The van der Waals surface area contributed by atoms with Crippen LogP contribution in [0.15, 0.2) is 0 Å². The maximum atomic E-state index is 11.7. The van der Waals surface area contributed by atoms with E-state index >= 15 is 0 Å². The number of nitrogens with one attached hydrogen (secondary N) is 2. The Morgan fingerprint density at radius 3 is 2.62 bits per heavy atom. The van der Waals surface area contributed by atoms with E-state index in [1.54, 1.807) is 13.8 Å². The summed E-state index contributed by atoms with van der Waals surface area (Å²) in [5.74, 6) is -1.54. The van der Waals surface area contributed by atoms with Crippen LogP contribution in [0.25, 0.3) is 0 Å². The second-order valence-corrected chi connectivity index (χ2v) is 4.13. The van der Waals surface area contributed by atoms with Crippen LogP contribution in [-0.4, -0.2) is 48.8 Å². The molecule has 6 heteroatoms. The fourth-order valence-corrected chi connectivity index (χ4v) is 1.49. The van der Waals surface area contributed by atoms with E-state index in [2.05, 4.69) is 10.6 Å². The quantitative estimate of drug-likeness (QED) is 0.588. The molecule has 0 spiro atoms. The van der Waals surface area contributed by atoms with Gasteiger partial charge in [-0.1, -0.05) is 13.8 Å². The lowest BCUT2D eigenvalue weighted by molar-refractivity contribution is -0.146. The zero-order valence-corrected chi connectivity index (χ0v) is 9.53. The fraction of sp³-hybridized carbons (Fsp3) is 0.800. The first-order valence-electron chi connectivity index (χ1n) is 5.38. The van der Waals surface area contributed by atoms with E-state index in [1.807, 2.05) is 0 Å². The number of aliphatic carboxylic acids is 1. The molecule has 1 aliphatic heterocycles. The van der Waals surface area contributed by atoms with Crippen LogP contribution in [0.1, 0.15) is 13.8 Å². The van der Waals surface area contributed by atoms with Gasteiger partial charge in [-0.2, -0.15) is 0 Å². The highest BCUT2D eigenvalue weighted by atomic mass is 16.5. The summed E-state index contributed by atoms with van der Waals surface area (Å²) < 4.78 is 5.23. The Morgan fingerprint density at radius 1 is 1.50 bits per heavy atom. The minimum Gasteiger partial charge on any atom is -0.480 e. The lowest BCUT2D eigenvalue weighted by Gasteiger charge is -2.25. The second-order valence-electron chi connectivity index (χ2n) is 4.13. The van der Waals surface area contributed by atoms with E-state index in [9.17, 15) is 9.59 Å². The van der Waals surface area contributed by atoms with Gasteiger partial charge in [0.25, 0.3) is 5.91 Å². The molecule has 0 radical (unpaired) electrons. The van der Waals surface area contributed by atoms with E-state index in [-0.39, 0.29) is 11.8 Å². The number of hydrogen-bond donors (Lipinski definition) is 3. The van der Waals surface area contributed by atoms with Crippen LogP contribution in [0.2, 0.25) is 0 Å². The molecule has 3 N–H and O–H groups in total. The average molecular weight is 230 g/mol. The normalized spacial score (nSPS) is 22.8. The van der Waals surface area contributed by atoms with Crippen molar-refractivity contribution in [3.8, 4) is 0 Å². The van der Waals surface area contributed by atoms with Gasteiger partial charge >= 0.3 is 5.97 Å². The Labute approximate surface area is 94.3 Å². The molecule has 0 saturated carbocycles. The summed E-state index contributed by atoms with van der Waals surface area (Å²) in [4.78, 5) is 22.6. The summed E-state index contributed by atoms with van der Waals surface area (Å²) in [7, 11) is 0. The van der Waals surface area contributed by atoms with Crippen LogP contribution in [-0.2, 0) is 14.3 Å². The largest absolute Gasteiger partial charge is 0.480 e. The zero-order chi connectivity index (χ0) is 12.1.